The summed E-state index contributed by atoms with van der Waals surface area (Å²) >= 11 is 0. The molecule has 0 aliphatic carbocycles. The number of carbonyl (C=O) groups excluding carboxylic acids is 1. The third-order valence-electron chi connectivity index (χ3n) is 7.64. The topological polar surface area (TPSA) is 58.3 Å². The van der Waals surface area contributed by atoms with Crippen molar-refractivity contribution < 1.29 is 4.79 Å². The molecule has 1 aliphatic heterocycles. The van der Waals surface area contributed by atoms with Crippen molar-refractivity contribution in [3.8, 4) is 11.5 Å². The number of hydrogen-bond acceptors (Lipinski definition) is 3. The highest BCUT2D eigenvalue weighted by atomic mass is 16.2. The summed E-state index contributed by atoms with van der Waals surface area (Å²) < 4.78 is 4.19. The molecular formula is C33H34N6O. The van der Waals surface area contributed by atoms with E-state index < -0.39 is 0 Å². The highest BCUT2D eigenvalue weighted by Crippen LogP contribution is 2.38. The SMILES string of the molecule is Cc1ccc(CNC(=O)N2Cc3c(C)nn(-c4ccccc4)c3-n3cccc3[C@@H]2c2ccc(N(C)C)cc2)cc1. The molecule has 2 amide bonds. The lowest BCUT2D eigenvalue weighted by Crippen LogP contribution is -2.41. The second-order valence-corrected chi connectivity index (χ2v) is 10.6. The molecular weight excluding hydrogens is 496 g/mol. The van der Waals surface area contributed by atoms with Crippen LogP contribution >= 0.6 is 0 Å². The van der Waals surface area contributed by atoms with Crippen molar-refractivity contribution in [1.29, 1.82) is 0 Å². The Morgan fingerprint density at radius 1 is 0.925 bits per heavy atom. The van der Waals surface area contributed by atoms with E-state index >= 15 is 0 Å². The number of amides is 2. The number of fused-ring (bicyclic) bond motifs is 3. The van der Waals surface area contributed by atoms with Crippen LogP contribution in [0.25, 0.3) is 11.5 Å². The van der Waals surface area contributed by atoms with E-state index in [1.165, 1.54) is 5.56 Å². The molecule has 5 aromatic rings. The molecule has 1 aliphatic rings. The second-order valence-electron chi connectivity index (χ2n) is 10.6. The summed E-state index contributed by atoms with van der Waals surface area (Å²) in [7, 11) is 4.07. The van der Waals surface area contributed by atoms with Gasteiger partial charge in [-0.15, -0.1) is 0 Å². The van der Waals surface area contributed by atoms with Crippen LogP contribution < -0.4 is 10.2 Å². The molecule has 7 heteroatoms. The lowest BCUT2D eigenvalue weighted by atomic mass is 10.0. The average Bonchev–Trinajstić information content (AvgIpc) is 3.53. The largest absolute Gasteiger partial charge is 0.378 e. The molecule has 3 aromatic carbocycles. The molecule has 0 bridgehead atoms. The molecule has 1 N–H and O–H groups in total. The predicted molar refractivity (Wildman–Crippen MR) is 159 cm³/mol. The number of anilines is 1. The fraction of sp³-hybridized carbons (Fsp3) is 0.212. The summed E-state index contributed by atoms with van der Waals surface area (Å²) in [5, 5.41) is 8.14. The minimum absolute atomic E-state index is 0.116. The van der Waals surface area contributed by atoms with Crippen molar-refractivity contribution in [3.05, 3.63) is 131 Å². The molecule has 6 rings (SSSR count). The smallest absolute Gasteiger partial charge is 0.318 e. The van der Waals surface area contributed by atoms with Crippen LogP contribution in [0.4, 0.5) is 10.5 Å². The highest BCUT2D eigenvalue weighted by Gasteiger charge is 2.36. The third kappa shape index (κ3) is 4.64. The number of aromatic nitrogens is 3. The van der Waals surface area contributed by atoms with E-state index in [2.05, 4.69) is 94.6 Å². The van der Waals surface area contributed by atoms with Crippen LogP contribution in [0.3, 0.4) is 0 Å². The molecule has 202 valence electrons. The van der Waals surface area contributed by atoms with Gasteiger partial charge in [0.15, 0.2) is 0 Å². The van der Waals surface area contributed by atoms with Crippen LogP contribution in [-0.4, -0.2) is 39.4 Å². The lowest BCUT2D eigenvalue weighted by molar-refractivity contribution is 0.180. The van der Waals surface area contributed by atoms with Gasteiger partial charge in [0.1, 0.15) is 5.82 Å². The molecule has 2 aromatic heterocycles. The van der Waals surface area contributed by atoms with Gasteiger partial charge in [0, 0.05) is 38.1 Å². The first-order valence-corrected chi connectivity index (χ1v) is 13.6. The van der Waals surface area contributed by atoms with Crippen molar-refractivity contribution in [2.45, 2.75) is 33.0 Å². The van der Waals surface area contributed by atoms with Gasteiger partial charge < -0.3 is 19.7 Å². The van der Waals surface area contributed by atoms with E-state index in [1.807, 2.05) is 54.9 Å². The Morgan fingerprint density at radius 2 is 1.65 bits per heavy atom. The quantitative estimate of drug-likeness (QED) is 0.296. The summed E-state index contributed by atoms with van der Waals surface area (Å²) in [5.41, 5.74) is 8.35. The van der Waals surface area contributed by atoms with Crippen LogP contribution in [0.15, 0.2) is 97.2 Å². The average molecular weight is 531 g/mol. The van der Waals surface area contributed by atoms with E-state index in [-0.39, 0.29) is 12.1 Å². The highest BCUT2D eigenvalue weighted by molar-refractivity contribution is 5.76. The first-order chi connectivity index (χ1) is 19.4. The van der Waals surface area contributed by atoms with Gasteiger partial charge in [-0.05, 0) is 61.4 Å². The van der Waals surface area contributed by atoms with Gasteiger partial charge in [0.25, 0.3) is 0 Å². The Balaban J connectivity index is 1.46. The molecule has 0 saturated heterocycles. The zero-order valence-corrected chi connectivity index (χ0v) is 23.4. The van der Waals surface area contributed by atoms with Crippen molar-refractivity contribution in [2.75, 3.05) is 19.0 Å². The molecule has 7 nitrogen and oxygen atoms in total. The molecule has 0 spiro atoms. The van der Waals surface area contributed by atoms with Gasteiger partial charge in [-0.3, -0.25) is 0 Å². The number of urea groups is 1. The van der Waals surface area contributed by atoms with E-state index in [1.54, 1.807) is 0 Å². The zero-order valence-electron chi connectivity index (χ0n) is 23.4. The first-order valence-electron chi connectivity index (χ1n) is 13.6. The van der Waals surface area contributed by atoms with Crippen molar-refractivity contribution in [3.63, 3.8) is 0 Å². The maximum atomic E-state index is 14.0. The van der Waals surface area contributed by atoms with Crippen LogP contribution in [0.2, 0.25) is 0 Å². The van der Waals surface area contributed by atoms with E-state index in [0.29, 0.717) is 13.1 Å². The predicted octanol–water partition coefficient (Wildman–Crippen LogP) is 6.16. The fourth-order valence-corrected chi connectivity index (χ4v) is 5.44. The molecule has 0 fully saturated rings. The van der Waals surface area contributed by atoms with Crippen LogP contribution in [-0.2, 0) is 13.1 Å². The first kappa shape index (κ1) is 25.5. The third-order valence-corrected chi connectivity index (χ3v) is 7.64. The standard InChI is InChI=1S/C33H34N6O/c1-23-12-14-25(15-13-23)21-34-33(40)38-22-29-24(2)35-39(28-9-6-5-7-10-28)32(29)37-20-8-11-30(37)31(38)26-16-18-27(19-17-26)36(3)4/h5-20,31H,21-22H2,1-4H3,(H,34,40)/t31-/m0/s1. The van der Waals surface area contributed by atoms with E-state index in [0.717, 1.165) is 45.3 Å². The molecule has 1 atom stereocenters. The lowest BCUT2D eigenvalue weighted by Gasteiger charge is -2.31. The van der Waals surface area contributed by atoms with Crippen LogP contribution in [0, 0.1) is 13.8 Å². The van der Waals surface area contributed by atoms with Crippen molar-refractivity contribution >= 4 is 11.7 Å². The number of nitrogens with zero attached hydrogens (tertiary/aromatic N) is 5. The number of nitrogens with one attached hydrogen (secondary N) is 1. The summed E-state index contributed by atoms with van der Waals surface area (Å²) in [5.74, 6) is 0.965. The number of rotatable bonds is 5. The van der Waals surface area contributed by atoms with Crippen molar-refractivity contribution in [1.82, 2.24) is 24.6 Å². The second kappa shape index (κ2) is 10.4. The van der Waals surface area contributed by atoms with Crippen LogP contribution in [0.1, 0.15) is 39.7 Å². The molecule has 3 heterocycles. The maximum absolute atomic E-state index is 14.0. The summed E-state index contributed by atoms with van der Waals surface area (Å²) in [6, 6.07) is 30.7. The summed E-state index contributed by atoms with van der Waals surface area (Å²) in [6.07, 6.45) is 2.07. The van der Waals surface area contributed by atoms with Gasteiger partial charge in [0.2, 0.25) is 0 Å². The monoisotopic (exact) mass is 530 g/mol. The van der Waals surface area contributed by atoms with Gasteiger partial charge in [-0.2, -0.15) is 5.10 Å². The zero-order chi connectivity index (χ0) is 27.8. The fourth-order valence-electron chi connectivity index (χ4n) is 5.44. The molecule has 40 heavy (non-hydrogen) atoms. The number of para-hydroxylation sites is 1. The number of aryl methyl sites for hydroxylation is 2. The van der Waals surface area contributed by atoms with E-state index in [9.17, 15) is 4.79 Å². The Bertz CT molecular complexity index is 1630. The van der Waals surface area contributed by atoms with Crippen molar-refractivity contribution in [2.24, 2.45) is 0 Å². The molecule has 0 saturated carbocycles. The Labute approximate surface area is 235 Å². The summed E-state index contributed by atoms with van der Waals surface area (Å²) in [4.78, 5) is 18.1. The minimum Gasteiger partial charge on any atom is -0.378 e. The Kier molecular flexibility index (Phi) is 6.64. The van der Waals surface area contributed by atoms with Crippen LogP contribution in [0.5, 0.6) is 0 Å². The maximum Gasteiger partial charge on any atom is 0.318 e. The summed E-state index contributed by atoms with van der Waals surface area (Å²) in [6.45, 7) is 4.97. The Hall–Kier alpha value is -4.78. The van der Waals surface area contributed by atoms with Gasteiger partial charge in [0.05, 0.1) is 29.7 Å². The number of carbonyl (C=O) groups is 1. The van der Waals surface area contributed by atoms with Gasteiger partial charge in [-0.1, -0.05) is 60.2 Å². The minimum atomic E-state index is -0.291. The normalized spacial score (nSPS) is 14.3. The number of hydrogen-bond donors (Lipinski definition) is 1. The molecule has 0 unspecified atom stereocenters. The van der Waals surface area contributed by atoms with E-state index in [4.69, 9.17) is 5.10 Å². The van der Waals surface area contributed by atoms with Gasteiger partial charge in [-0.25, -0.2) is 9.48 Å². The Morgan fingerprint density at radius 3 is 2.35 bits per heavy atom. The number of benzene rings is 3. The molecule has 0 radical (unpaired) electrons. The van der Waals surface area contributed by atoms with Gasteiger partial charge >= 0.3 is 6.03 Å².